The fraction of sp³-hybridized carbons (Fsp3) is 0.400. The molecule has 0 aliphatic carbocycles. The predicted octanol–water partition coefficient (Wildman–Crippen LogP) is 2.59. The van der Waals surface area contributed by atoms with Crippen LogP contribution in [-0.2, 0) is 4.79 Å². The molecule has 0 aliphatic rings. The van der Waals surface area contributed by atoms with Crippen molar-refractivity contribution in [1.29, 1.82) is 0 Å². The van der Waals surface area contributed by atoms with Crippen molar-refractivity contribution in [3.8, 4) is 11.5 Å². The predicted molar refractivity (Wildman–Crippen MR) is 76.5 cm³/mol. The van der Waals surface area contributed by atoms with E-state index in [0.29, 0.717) is 24.6 Å². The number of carbonyl (C=O) groups is 1. The van der Waals surface area contributed by atoms with Gasteiger partial charge < -0.3 is 14.4 Å². The van der Waals surface area contributed by atoms with Crippen LogP contribution in [0.1, 0.15) is 19.4 Å². The Morgan fingerprint density at radius 3 is 2.32 bits per heavy atom. The van der Waals surface area contributed by atoms with Crippen molar-refractivity contribution in [3.63, 3.8) is 0 Å². The first-order valence-electron chi connectivity index (χ1n) is 6.35. The first kappa shape index (κ1) is 15.1. The number of amides is 1. The number of benzene rings is 1. The van der Waals surface area contributed by atoms with Crippen LogP contribution in [0.5, 0.6) is 11.5 Å². The van der Waals surface area contributed by atoms with Gasteiger partial charge in [0.1, 0.15) is 0 Å². The molecule has 0 radical (unpaired) electrons. The molecule has 0 heterocycles. The van der Waals surface area contributed by atoms with Gasteiger partial charge in [0.15, 0.2) is 11.5 Å². The first-order valence-corrected chi connectivity index (χ1v) is 6.35. The van der Waals surface area contributed by atoms with Crippen LogP contribution in [0.3, 0.4) is 0 Å². The largest absolute Gasteiger partial charge is 0.493 e. The fourth-order valence-corrected chi connectivity index (χ4v) is 1.76. The van der Waals surface area contributed by atoms with Gasteiger partial charge in [-0.1, -0.05) is 6.07 Å². The third-order valence-electron chi connectivity index (χ3n) is 2.90. The molecule has 0 unspecified atom stereocenters. The second kappa shape index (κ2) is 7.46. The van der Waals surface area contributed by atoms with Gasteiger partial charge in [-0.05, 0) is 37.6 Å². The Morgan fingerprint density at radius 2 is 1.79 bits per heavy atom. The van der Waals surface area contributed by atoms with E-state index in [1.54, 1.807) is 31.3 Å². The standard InChI is InChI=1S/C15H21NO3/c1-5-16(6-2)15(17)10-8-12-7-9-13(18-3)14(11-12)19-4/h7-11H,5-6H2,1-4H3/b10-8-. The molecule has 1 rings (SSSR count). The molecule has 1 aromatic rings. The van der Waals surface area contributed by atoms with Gasteiger partial charge in [-0.2, -0.15) is 0 Å². The molecule has 19 heavy (non-hydrogen) atoms. The lowest BCUT2D eigenvalue weighted by Crippen LogP contribution is -2.28. The molecule has 0 saturated carbocycles. The molecular formula is C15H21NO3. The van der Waals surface area contributed by atoms with Crippen molar-refractivity contribution < 1.29 is 14.3 Å². The molecular weight excluding hydrogens is 242 g/mol. The Kier molecular flexibility index (Phi) is 5.93. The molecule has 0 atom stereocenters. The number of hydrogen-bond donors (Lipinski definition) is 0. The molecule has 0 bridgehead atoms. The van der Waals surface area contributed by atoms with Gasteiger partial charge in [0.2, 0.25) is 5.91 Å². The van der Waals surface area contributed by atoms with E-state index in [-0.39, 0.29) is 5.91 Å². The third-order valence-corrected chi connectivity index (χ3v) is 2.90. The molecule has 1 aromatic carbocycles. The van der Waals surface area contributed by atoms with Gasteiger partial charge >= 0.3 is 0 Å². The minimum atomic E-state index is 0.0137. The number of rotatable bonds is 6. The number of hydrogen-bond acceptors (Lipinski definition) is 3. The zero-order valence-corrected chi connectivity index (χ0v) is 12.0. The maximum atomic E-state index is 11.8. The Balaban J connectivity index is 2.85. The van der Waals surface area contributed by atoms with Crippen LogP contribution >= 0.6 is 0 Å². The summed E-state index contributed by atoms with van der Waals surface area (Å²) in [6.45, 7) is 5.36. The molecule has 0 spiro atoms. The van der Waals surface area contributed by atoms with Gasteiger partial charge in [-0.25, -0.2) is 0 Å². The van der Waals surface area contributed by atoms with Gasteiger partial charge in [0, 0.05) is 19.2 Å². The highest BCUT2D eigenvalue weighted by atomic mass is 16.5. The summed E-state index contributed by atoms with van der Waals surface area (Å²) in [7, 11) is 3.18. The minimum absolute atomic E-state index is 0.0137. The van der Waals surface area contributed by atoms with E-state index >= 15 is 0 Å². The smallest absolute Gasteiger partial charge is 0.246 e. The maximum absolute atomic E-state index is 11.8. The van der Waals surface area contributed by atoms with Crippen LogP contribution in [0, 0.1) is 0 Å². The van der Waals surface area contributed by atoms with Crippen LogP contribution in [-0.4, -0.2) is 38.1 Å². The normalized spacial score (nSPS) is 10.5. The van der Waals surface area contributed by atoms with Crippen molar-refractivity contribution >= 4 is 12.0 Å². The van der Waals surface area contributed by atoms with Crippen molar-refractivity contribution in [1.82, 2.24) is 4.90 Å². The average Bonchev–Trinajstić information content (AvgIpc) is 2.45. The summed E-state index contributed by atoms with van der Waals surface area (Å²) >= 11 is 0. The number of likely N-dealkylation sites (N-methyl/N-ethyl adjacent to an activating group) is 1. The van der Waals surface area contributed by atoms with E-state index in [1.807, 2.05) is 32.0 Å². The Labute approximate surface area is 114 Å². The summed E-state index contributed by atoms with van der Waals surface area (Å²) in [6.07, 6.45) is 3.36. The summed E-state index contributed by atoms with van der Waals surface area (Å²) in [6, 6.07) is 5.54. The molecule has 0 aromatic heterocycles. The molecule has 0 saturated heterocycles. The number of methoxy groups -OCH3 is 2. The van der Waals surface area contributed by atoms with Crippen LogP contribution in [0.25, 0.3) is 6.08 Å². The molecule has 0 N–H and O–H groups in total. The first-order chi connectivity index (χ1) is 9.15. The van der Waals surface area contributed by atoms with E-state index in [9.17, 15) is 4.79 Å². The summed E-state index contributed by atoms with van der Waals surface area (Å²) in [5.74, 6) is 1.34. The van der Waals surface area contributed by atoms with Crippen LogP contribution in [0.2, 0.25) is 0 Å². The van der Waals surface area contributed by atoms with E-state index in [2.05, 4.69) is 0 Å². The van der Waals surface area contributed by atoms with Crippen LogP contribution < -0.4 is 9.47 Å². The summed E-state index contributed by atoms with van der Waals surface area (Å²) < 4.78 is 10.4. The van der Waals surface area contributed by atoms with E-state index in [4.69, 9.17) is 9.47 Å². The lowest BCUT2D eigenvalue weighted by molar-refractivity contribution is -0.125. The highest BCUT2D eigenvalue weighted by Crippen LogP contribution is 2.27. The molecule has 0 aliphatic heterocycles. The van der Waals surface area contributed by atoms with Crippen molar-refractivity contribution in [3.05, 3.63) is 29.8 Å². The quantitative estimate of drug-likeness (QED) is 0.740. The van der Waals surface area contributed by atoms with Gasteiger partial charge in [0.25, 0.3) is 0 Å². The molecule has 4 heteroatoms. The van der Waals surface area contributed by atoms with Crippen molar-refractivity contribution in [2.24, 2.45) is 0 Å². The molecule has 0 fully saturated rings. The highest BCUT2D eigenvalue weighted by Gasteiger charge is 2.06. The topological polar surface area (TPSA) is 38.8 Å². The SMILES string of the molecule is CCN(CC)C(=O)/C=C\c1ccc(OC)c(OC)c1. The molecule has 1 amide bonds. The lowest BCUT2D eigenvalue weighted by Gasteiger charge is -2.15. The zero-order valence-electron chi connectivity index (χ0n) is 12.0. The van der Waals surface area contributed by atoms with Crippen LogP contribution in [0.4, 0.5) is 0 Å². The van der Waals surface area contributed by atoms with E-state index in [1.165, 1.54) is 0 Å². The van der Waals surface area contributed by atoms with Crippen molar-refractivity contribution in [2.45, 2.75) is 13.8 Å². The second-order valence-corrected chi connectivity index (χ2v) is 3.96. The fourth-order valence-electron chi connectivity index (χ4n) is 1.76. The number of nitrogens with zero attached hydrogens (tertiary/aromatic N) is 1. The summed E-state index contributed by atoms with van der Waals surface area (Å²) in [5.41, 5.74) is 0.901. The lowest BCUT2D eigenvalue weighted by atomic mass is 10.2. The monoisotopic (exact) mass is 263 g/mol. The molecule has 4 nitrogen and oxygen atoms in total. The Hall–Kier alpha value is -1.97. The van der Waals surface area contributed by atoms with Gasteiger partial charge in [0.05, 0.1) is 14.2 Å². The Bertz CT molecular complexity index is 451. The van der Waals surface area contributed by atoms with E-state index in [0.717, 1.165) is 5.56 Å². The second-order valence-electron chi connectivity index (χ2n) is 3.96. The van der Waals surface area contributed by atoms with E-state index < -0.39 is 0 Å². The Morgan fingerprint density at radius 1 is 1.16 bits per heavy atom. The number of ether oxygens (including phenoxy) is 2. The van der Waals surface area contributed by atoms with Gasteiger partial charge in [-0.15, -0.1) is 0 Å². The summed E-state index contributed by atoms with van der Waals surface area (Å²) in [5, 5.41) is 0. The average molecular weight is 263 g/mol. The zero-order chi connectivity index (χ0) is 14.3. The third kappa shape index (κ3) is 4.02. The number of carbonyl (C=O) groups excluding carboxylic acids is 1. The molecule has 104 valence electrons. The van der Waals surface area contributed by atoms with Crippen molar-refractivity contribution in [2.75, 3.05) is 27.3 Å². The highest BCUT2D eigenvalue weighted by molar-refractivity contribution is 5.91. The van der Waals surface area contributed by atoms with Crippen LogP contribution in [0.15, 0.2) is 24.3 Å². The summed E-state index contributed by atoms with van der Waals surface area (Å²) in [4.78, 5) is 13.6. The van der Waals surface area contributed by atoms with Gasteiger partial charge in [-0.3, -0.25) is 4.79 Å². The maximum Gasteiger partial charge on any atom is 0.246 e. The minimum Gasteiger partial charge on any atom is -0.493 e.